The van der Waals surface area contributed by atoms with Crippen molar-refractivity contribution >= 4 is 28.4 Å². The molecule has 5 rings (SSSR count). The lowest BCUT2D eigenvalue weighted by Gasteiger charge is -2.29. The minimum atomic E-state index is 0.628. The van der Waals surface area contributed by atoms with E-state index in [9.17, 15) is 0 Å². The number of hydrogen-bond donors (Lipinski definition) is 3. The summed E-state index contributed by atoms with van der Waals surface area (Å²) in [7, 11) is 1.65. The fourth-order valence-corrected chi connectivity index (χ4v) is 3.61. The molecular weight excluding hydrogens is 380 g/mol. The maximum atomic E-state index is 5.57. The third-order valence-electron chi connectivity index (χ3n) is 5.07. The molecule has 0 unspecified atom stereocenters. The average Bonchev–Trinajstić information content (AvgIpc) is 3.31. The lowest BCUT2D eigenvalue weighted by atomic mass is 10.2. The molecule has 1 aliphatic rings. The van der Waals surface area contributed by atoms with E-state index in [1.165, 1.54) is 0 Å². The Balaban J connectivity index is 1.61. The van der Waals surface area contributed by atoms with Gasteiger partial charge in [-0.3, -0.25) is 4.98 Å². The number of pyridine rings is 2. The lowest BCUT2D eigenvalue weighted by molar-refractivity contribution is 0.418. The number of aromatic amines is 1. The van der Waals surface area contributed by atoms with Crippen LogP contribution < -0.4 is 20.3 Å². The van der Waals surface area contributed by atoms with Gasteiger partial charge in [-0.1, -0.05) is 0 Å². The van der Waals surface area contributed by atoms with Crippen LogP contribution in [0.25, 0.3) is 22.3 Å². The highest BCUT2D eigenvalue weighted by molar-refractivity contribution is 5.95. The summed E-state index contributed by atoms with van der Waals surface area (Å²) in [4.78, 5) is 23.8. The molecule has 9 heteroatoms. The van der Waals surface area contributed by atoms with Crippen molar-refractivity contribution < 1.29 is 4.74 Å². The molecule has 0 atom stereocenters. The van der Waals surface area contributed by atoms with Gasteiger partial charge in [0.05, 0.1) is 30.4 Å². The predicted molar refractivity (Wildman–Crippen MR) is 116 cm³/mol. The molecule has 0 saturated carbocycles. The first-order valence-corrected chi connectivity index (χ1v) is 9.84. The molecular formula is C21H22N8O. The number of piperazine rings is 1. The zero-order valence-corrected chi connectivity index (χ0v) is 16.6. The Bertz CT molecular complexity index is 1160. The highest BCUT2D eigenvalue weighted by Crippen LogP contribution is 2.34. The van der Waals surface area contributed by atoms with Crippen molar-refractivity contribution in [2.24, 2.45) is 0 Å². The monoisotopic (exact) mass is 402 g/mol. The van der Waals surface area contributed by atoms with Crippen LogP contribution in [0, 0.1) is 0 Å². The average molecular weight is 402 g/mol. The summed E-state index contributed by atoms with van der Waals surface area (Å²) in [6.07, 6.45) is 7.08. The number of ether oxygens (including phenoxy) is 1. The Morgan fingerprint density at radius 3 is 2.83 bits per heavy atom. The van der Waals surface area contributed by atoms with E-state index < -0.39 is 0 Å². The van der Waals surface area contributed by atoms with E-state index in [0.717, 1.165) is 54.3 Å². The Labute approximate surface area is 173 Å². The second-order valence-electron chi connectivity index (χ2n) is 6.98. The zero-order chi connectivity index (χ0) is 20.3. The molecule has 3 N–H and O–H groups in total. The van der Waals surface area contributed by atoms with Crippen LogP contribution in [-0.4, -0.2) is 58.2 Å². The molecule has 0 spiro atoms. The minimum absolute atomic E-state index is 0.628. The quantitative estimate of drug-likeness (QED) is 0.468. The smallest absolute Gasteiger partial charge is 0.162 e. The van der Waals surface area contributed by atoms with Gasteiger partial charge in [-0.05, 0) is 24.3 Å². The summed E-state index contributed by atoms with van der Waals surface area (Å²) >= 11 is 0. The molecule has 1 fully saturated rings. The minimum Gasteiger partial charge on any atom is -0.494 e. The van der Waals surface area contributed by atoms with E-state index in [1.807, 2.05) is 30.5 Å². The van der Waals surface area contributed by atoms with E-state index in [0.29, 0.717) is 17.4 Å². The van der Waals surface area contributed by atoms with Gasteiger partial charge in [-0.2, -0.15) is 0 Å². The highest BCUT2D eigenvalue weighted by atomic mass is 16.5. The van der Waals surface area contributed by atoms with Gasteiger partial charge in [0.25, 0.3) is 0 Å². The number of hydrogen-bond acceptors (Lipinski definition) is 8. The fourth-order valence-electron chi connectivity index (χ4n) is 3.61. The molecule has 1 saturated heterocycles. The van der Waals surface area contributed by atoms with Crippen molar-refractivity contribution in [2.45, 2.75) is 0 Å². The van der Waals surface area contributed by atoms with E-state index >= 15 is 0 Å². The first-order valence-electron chi connectivity index (χ1n) is 9.84. The number of H-pyrrole nitrogens is 1. The zero-order valence-electron chi connectivity index (χ0n) is 16.6. The van der Waals surface area contributed by atoms with Gasteiger partial charge >= 0.3 is 0 Å². The number of fused-ring (bicyclic) bond motifs is 1. The van der Waals surface area contributed by atoms with Crippen molar-refractivity contribution in [1.29, 1.82) is 0 Å². The number of nitrogens with one attached hydrogen (secondary N) is 3. The van der Waals surface area contributed by atoms with Crippen LogP contribution in [0.1, 0.15) is 0 Å². The van der Waals surface area contributed by atoms with Gasteiger partial charge in [0.2, 0.25) is 0 Å². The molecule has 1 aliphatic heterocycles. The summed E-state index contributed by atoms with van der Waals surface area (Å²) < 4.78 is 5.57. The summed E-state index contributed by atoms with van der Waals surface area (Å²) in [6.45, 7) is 3.56. The summed E-state index contributed by atoms with van der Waals surface area (Å²) in [5.74, 6) is 3.76. The van der Waals surface area contributed by atoms with Crippen molar-refractivity contribution in [3.8, 4) is 17.1 Å². The van der Waals surface area contributed by atoms with Crippen LogP contribution in [-0.2, 0) is 0 Å². The van der Waals surface area contributed by atoms with Gasteiger partial charge in [-0.25, -0.2) is 15.0 Å². The van der Waals surface area contributed by atoms with Gasteiger partial charge < -0.3 is 25.3 Å². The molecule has 0 aromatic carbocycles. The summed E-state index contributed by atoms with van der Waals surface area (Å²) in [5, 5.41) is 7.53. The van der Waals surface area contributed by atoms with Gasteiger partial charge in [0.1, 0.15) is 23.2 Å². The van der Waals surface area contributed by atoms with Crippen LogP contribution in [0.4, 0.5) is 17.5 Å². The maximum Gasteiger partial charge on any atom is 0.162 e. The van der Waals surface area contributed by atoms with Crippen LogP contribution in [0.2, 0.25) is 0 Å². The van der Waals surface area contributed by atoms with E-state index in [-0.39, 0.29) is 0 Å². The summed E-state index contributed by atoms with van der Waals surface area (Å²) in [6, 6.07) is 7.73. The topological polar surface area (TPSA) is 104 Å². The van der Waals surface area contributed by atoms with Gasteiger partial charge in [-0.15, -0.1) is 0 Å². The number of aromatic nitrogens is 5. The van der Waals surface area contributed by atoms with E-state index in [2.05, 4.69) is 30.5 Å². The van der Waals surface area contributed by atoms with E-state index in [1.54, 1.807) is 25.7 Å². The molecule has 30 heavy (non-hydrogen) atoms. The normalized spacial score (nSPS) is 14.1. The Kier molecular flexibility index (Phi) is 4.86. The predicted octanol–water partition coefficient (Wildman–Crippen LogP) is 2.58. The Morgan fingerprint density at radius 1 is 1.13 bits per heavy atom. The van der Waals surface area contributed by atoms with Crippen molar-refractivity contribution in [3.05, 3.63) is 49.1 Å². The SMILES string of the molecule is COc1cncc2nc(-c3ccnc(Nc4ccc[nH]4)c3)nc(N3CCNCC3)c12. The molecule has 0 aliphatic carbocycles. The first kappa shape index (κ1) is 18.3. The van der Waals surface area contributed by atoms with Crippen molar-refractivity contribution in [1.82, 2.24) is 30.2 Å². The van der Waals surface area contributed by atoms with Crippen molar-refractivity contribution in [2.75, 3.05) is 43.5 Å². The van der Waals surface area contributed by atoms with Gasteiger partial charge in [0.15, 0.2) is 5.82 Å². The number of rotatable bonds is 5. The van der Waals surface area contributed by atoms with Gasteiger partial charge in [0, 0.05) is 44.1 Å². The second-order valence-corrected chi connectivity index (χ2v) is 6.98. The number of methoxy groups -OCH3 is 1. The molecule has 0 bridgehead atoms. The molecule has 5 heterocycles. The maximum absolute atomic E-state index is 5.57. The largest absolute Gasteiger partial charge is 0.494 e. The van der Waals surface area contributed by atoms with E-state index in [4.69, 9.17) is 14.7 Å². The highest BCUT2D eigenvalue weighted by Gasteiger charge is 2.20. The number of nitrogens with zero attached hydrogens (tertiary/aromatic N) is 5. The number of anilines is 3. The third-order valence-corrected chi connectivity index (χ3v) is 5.07. The van der Waals surface area contributed by atoms with Crippen LogP contribution >= 0.6 is 0 Å². The van der Waals surface area contributed by atoms with Crippen LogP contribution in [0.5, 0.6) is 5.75 Å². The molecule has 0 radical (unpaired) electrons. The van der Waals surface area contributed by atoms with Crippen molar-refractivity contribution in [3.63, 3.8) is 0 Å². The lowest BCUT2D eigenvalue weighted by Crippen LogP contribution is -2.44. The summed E-state index contributed by atoms with van der Waals surface area (Å²) in [5.41, 5.74) is 1.63. The molecule has 4 aromatic rings. The molecule has 152 valence electrons. The standard InChI is InChI=1S/C21H22N8O/c1-30-16-13-23-12-15-19(16)21(29-9-7-22-8-10-29)28-20(26-15)14-4-6-25-18(11-14)27-17-3-2-5-24-17/h2-6,11-13,22,24H,7-10H2,1H3,(H,25,27). The molecule has 9 nitrogen and oxygen atoms in total. The van der Waals surface area contributed by atoms with Crippen LogP contribution in [0.15, 0.2) is 49.1 Å². The Morgan fingerprint density at radius 2 is 2.03 bits per heavy atom. The molecule has 0 amide bonds. The molecule has 4 aromatic heterocycles. The third kappa shape index (κ3) is 3.50. The fraction of sp³-hybridized carbons (Fsp3) is 0.238. The Hall–Kier alpha value is -3.72. The van der Waals surface area contributed by atoms with Crippen LogP contribution in [0.3, 0.4) is 0 Å². The second kappa shape index (κ2) is 7.96. The first-order chi connectivity index (χ1) is 14.8.